The molecule has 9 nitrogen and oxygen atoms in total. The van der Waals surface area contributed by atoms with E-state index in [1.807, 2.05) is 0 Å². The van der Waals surface area contributed by atoms with E-state index in [0.717, 1.165) is 40.6 Å². The molecule has 9 heteroatoms. The van der Waals surface area contributed by atoms with E-state index in [2.05, 4.69) is 35.2 Å². The van der Waals surface area contributed by atoms with Crippen LogP contribution in [0.5, 0.6) is 0 Å². The summed E-state index contributed by atoms with van der Waals surface area (Å²) in [7, 11) is 0. The van der Waals surface area contributed by atoms with E-state index in [9.17, 15) is 19.2 Å². The number of rotatable bonds is 5. The highest BCUT2D eigenvalue weighted by Gasteiger charge is 2.39. The maximum atomic E-state index is 13.4. The zero-order valence-electron chi connectivity index (χ0n) is 21.0. The number of benzene rings is 1. The number of hydrogen-bond donors (Lipinski definition) is 2. The Kier molecular flexibility index (Phi) is 5.58. The summed E-state index contributed by atoms with van der Waals surface area (Å²) in [4.78, 5) is 56.4. The number of aromatic nitrogens is 2. The predicted octanol–water partition coefficient (Wildman–Crippen LogP) is 3.65. The highest BCUT2D eigenvalue weighted by atomic mass is 16.2. The van der Waals surface area contributed by atoms with Crippen LogP contribution in [-0.2, 0) is 22.6 Å². The number of nitrogens with one attached hydrogen (secondary N) is 2. The average molecular weight is 500 g/mol. The average Bonchev–Trinajstić information content (AvgIpc) is 3.34. The minimum atomic E-state index is -0.670. The number of pyridine rings is 1. The lowest BCUT2D eigenvalue weighted by molar-refractivity contribution is -0.136. The number of nitrogens with zero attached hydrogens (tertiary/aromatic N) is 3. The topological polar surface area (TPSA) is 113 Å². The van der Waals surface area contributed by atoms with Crippen LogP contribution in [0.4, 0.5) is 5.69 Å². The van der Waals surface area contributed by atoms with Crippen LogP contribution in [0.2, 0.25) is 0 Å². The quantitative estimate of drug-likeness (QED) is 0.521. The van der Waals surface area contributed by atoms with Crippen molar-refractivity contribution in [1.82, 2.24) is 19.8 Å². The maximum absolute atomic E-state index is 13.4. The molecular weight excluding hydrogens is 470 g/mol. The Morgan fingerprint density at radius 1 is 1.19 bits per heavy atom. The molecule has 1 saturated heterocycles. The molecule has 2 aliphatic heterocycles. The van der Waals surface area contributed by atoms with E-state index in [1.54, 1.807) is 24.4 Å². The van der Waals surface area contributed by atoms with Gasteiger partial charge in [-0.1, -0.05) is 6.92 Å². The Labute approximate surface area is 214 Å². The van der Waals surface area contributed by atoms with Crippen LogP contribution in [0.1, 0.15) is 82.5 Å². The van der Waals surface area contributed by atoms with E-state index in [1.165, 1.54) is 11.3 Å². The van der Waals surface area contributed by atoms with Crippen molar-refractivity contribution in [1.29, 1.82) is 0 Å². The minimum Gasteiger partial charge on any atom is -0.329 e. The third kappa shape index (κ3) is 3.80. The number of aryl methyl sites for hydroxylation is 2. The van der Waals surface area contributed by atoms with Crippen molar-refractivity contribution in [2.24, 2.45) is 0 Å². The Bertz CT molecular complexity index is 1490. The molecule has 1 unspecified atom stereocenters. The smallest absolute Gasteiger partial charge is 0.257 e. The highest BCUT2D eigenvalue weighted by Crippen LogP contribution is 2.37. The van der Waals surface area contributed by atoms with E-state index in [4.69, 9.17) is 4.98 Å². The zero-order chi connectivity index (χ0) is 25.8. The number of fused-ring (bicyclic) bond motifs is 2. The van der Waals surface area contributed by atoms with Crippen molar-refractivity contribution in [2.45, 2.75) is 71.0 Å². The molecule has 3 aliphatic rings. The molecule has 6 rings (SSSR count). The minimum absolute atomic E-state index is 0.208. The van der Waals surface area contributed by atoms with Crippen LogP contribution in [0, 0.1) is 6.92 Å². The summed E-state index contributed by atoms with van der Waals surface area (Å²) in [6, 6.07) is 4.99. The number of hydrogen-bond acceptors (Lipinski definition) is 5. The second-order valence-electron chi connectivity index (χ2n) is 10.2. The third-order valence-corrected chi connectivity index (χ3v) is 7.99. The van der Waals surface area contributed by atoms with Gasteiger partial charge >= 0.3 is 0 Å². The lowest BCUT2D eigenvalue weighted by Crippen LogP contribution is -2.52. The van der Waals surface area contributed by atoms with Gasteiger partial charge < -0.3 is 14.8 Å². The summed E-state index contributed by atoms with van der Waals surface area (Å²) in [5.74, 6) is -1.24. The Hall–Kier alpha value is -4.01. The first kappa shape index (κ1) is 23.4. The molecule has 2 N–H and O–H groups in total. The summed E-state index contributed by atoms with van der Waals surface area (Å²) in [5, 5.41) is 6.35. The van der Waals surface area contributed by atoms with Gasteiger partial charge in [-0.25, -0.2) is 4.98 Å². The standard InChI is InChI=1S/C28H29N5O4/c1-3-19-21(12-29-25-24(19)15(2)13-32(25)18-5-4-6-18)26(35)30-17-7-8-20-16(11-17)14-33(28(20)37)22-9-10-23(34)31-27(22)36/h7-8,11-13,18,22H,3-6,9-10,14H2,1-2H3,(H,30,35)(H,31,34,36). The van der Waals surface area contributed by atoms with Gasteiger partial charge in [0, 0.05) is 48.0 Å². The SMILES string of the molecule is CCc1c(C(=O)Nc2ccc3c(c2)CN(C2CCC(=O)NC2=O)C3=O)cnc2c1c(C)cn2C1CCC1. The number of carbonyl (C=O) groups is 4. The Morgan fingerprint density at radius 3 is 2.70 bits per heavy atom. The highest BCUT2D eigenvalue weighted by molar-refractivity contribution is 6.09. The zero-order valence-corrected chi connectivity index (χ0v) is 21.0. The van der Waals surface area contributed by atoms with Gasteiger partial charge in [-0.3, -0.25) is 24.5 Å². The molecule has 4 amide bonds. The Balaban J connectivity index is 1.25. The van der Waals surface area contributed by atoms with E-state index >= 15 is 0 Å². The molecule has 3 aromatic rings. The number of carbonyl (C=O) groups excluding carboxylic acids is 4. The van der Waals surface area contributed by atoms with Crippen LogP contribution in [0.3, 0.4) is 0 Å². The van der Waals surface area contributed by atoms with Gasteiger partial charge in [-0.15, -0.1) is 0 Å². The van der Waals surface area contributed by atoms with Crippen LogP contribution >= 0.6 is 0 Å². The third-order valence-electron chi connectivity index (χ3n) is 7.99. The molecule has 0 radical (unpaired) electrons. The number of amides is 4. The van der Waals surface area contributed by atoms with Crippen LogP contribution in [0.25, 0.3) is 11.0 Å². The molecule has 2 aromatic heterocycles. The van der Waals surface area contributed by atoms with Gasteiger partial charge in [0.2, 0.25) is 11.8 Å². The van der Waals surface area contributed by atoms with Gasteiger partial charge in [0.05, 0.1) is 5.56 Å². The van der Waals surface area contributed by atoms with Gasteiger partial charge in [0.15, 0.2) is 0 Å². The predicted molar refractivity (Wildman–Crippen MR) is 137 cm³/mol. The first-order chi connectivity index (χ1) is 17.9. The van der Waals surface area contributed by atoms with E-state index < -0.39 is 11.9 Å². The fourth-order valence-electron chi connectivity index (χ4n) is 5.84. The first-order valence-electron chi connectivity index (χ1n) is 12.9. The summed E-state index contributed by atoms with van der Waals surface area (Å²) >= 11 is 0. The van der Waals surface area contributed by atoms with E-state index in [0.29, 0.717) is 35.7 Å². The van der Waals surface area contributed by atoms with Crippen molar-refractivity contribution in [2.75, 3.05) is 5.32 Å². The van der Waals surface area contributed by atoms with Crippen LogP contribution < -0.4 is 10.6 Å². The van der Waals surface area contributed by atoms with E-state index in [-0.39, 0.29) is 30.7 Å². The van der Waals surface area contributed by atoms with Crippen LogP contribution in [-0.4, -0.2) is 44.1 Å². The number of anilines is 1. The van der Waals surface area contributed by atoms with Crippen molar-refractivity contribution < 1.29 is 19.2 Å². The summed E-state index contributed by atoms with van der Waals surface area (Å²) < 4.78 is 2.26. The summed E-state index contributed by atoms with van der Waals surface area (Å²) in [5.41, 5.74) is 5.43. The summed E-state index contributed by atoms with van der Waals surface area (Å²) in [6.45, 7) is 4.38. The molecule has 1 aliphatic carbocycles. The molecule has 190 valence electrons. The Morgan fingerprint density at radius 2 is 2.00 bits per heavy atom. The number of imide groups is 1. The molecule has 37 heavy (non-hydrogen) atoms. The van der Waals surface area contributed by atoms with Crippen molar-refractivity contribution in [3.8, 4) is 0 Å². The van der Waals surface area contributed by atoms with Crippen molar-refractivity contribution in [3.63, 3.8) is 0 Å². The second-order valence-corrected chi connectivity index (χ2v) is 10.2. The van der Waals surface area contributed by atoms with Gasteiger partial charge in [0.25, 0.3) is 11.8 Å². The molecule has 0 bridgehead atoms. The maximum Gasteiger partial charge on any atom is 0.257 e. The molecule has 2 fully saturated rings. The summed E-state index contributed by atoms with van der Waals surface area (Å²) in [6.07, 6.45) is 8.62. The lowest BCUT2D eigenvalue weighted by Gasteiger charge is -2.29. The van der Waals surface area contributed by atoms with Gasteiger partial charge in [0.1, 0.15) is 11.7 Å². The fraction of sp³-hybridized carbons (Fsp3) is 0.393. The van der Waals surface area contributed by atoms with Gasteiger partial charge in [-0.2, -0.15) is 0 Å². The van der Waals surface area contributed by atoms with Gasteiger partial charge in [-0.05, 0) is 73.9 Å². The van der Waals surface area contributed by atoms with Crippen molar-refractivity contribution in [3.05, 3.63) is 58.4 Å². The normalized spacial score (nSPS) is 19.7. The molecule has 1 atom stereocenters. The molecule has 1 aromatic carbocycles. The molecule has 0 spiro atoms. The fourth-order valence-corrected chi connectivity index (χ4v) is 5.84. The first-order valence-corrected chi connectivity index (χ1v) is 12.9. The second kappa shape index (κ2) is 8.83. The molecule has 4 heterocycles. The van der Waals surface area contributed by atoms with Crippen LogP contribution in [0.15, 0.2) is 30.6 Å². The monoisotopic (exact) mass is 499 g/mol. The van der Waals surface area contributed by atoms with Crippen molar-refractivity contribution >= 4 is 40.3 Å². The molecular formula is C28H29N5O4. The lowest BCUT2D eigenvalue weighted by atomic mass is 9.93. The molecule has 1 saturated carbocycles. The largest absolute Gasteiger partial charge is 0.329 e. The number of piperidine rings is 1.